The number of aliphatic hydroxyl groups is 1. The van der Waals surface area contributed by atoms with Gasteiger partial charge in [0.15, 0.2) is 0 Å². The van der Waals surface area contributed by atoms with E-state index < -0.39 is 23.8 Å². The molecule has 0 spiro atoms. The molecular formula is C15H17NO5. The largest absolute Gasteiger partial charge is 0.464 e. The second kappa shape index (κ2) is 6.49. The molecule has 0 aromatic heterocycles. The molecule has 6 heteroatoms. The van der Waals surface area contributed by atoms with E-state index in [2.05, 4.69) is 0 Å². The predicted octanol–water partition coefficient (Wildman–Crippen LogP) is 0.987. The van der Waals surface area contributed by atoms with Gasteiger partial charge in [0.05, 0.1) is 17.7 Å². The number of carbonyl (C=O) groups excluding carboxylic acids is 3. The minimum atomic E-state index is -0.996. The zero-order chi connectivity index (χ0) is 15.4. The van der Waals surface area contributed by atoms with Crippen molar-refractivity contribution < 1.29 is 24.2 Å². The number of aliphatic hydroxyl groups excluding tert-OH is 1. The molecule has 0 unspecified atom stereocenters. The maximum Gasteiger partial charge on any atom is 0.329 e. The lowest BCUT2D eigenvalue weighted by Gasteiger charge is -2.24. The Bertz CT molecular complexity index is 534. The van der Waals surface area contributed by atoms with Crippen LogP contribution in [0.25, 0.3) is 0 Å². The van der Waals surface area contributed by atoms with E-state index in [0.717, 1.165) is 4.90 Å². The molecule has 0 saturated heterocycles. The predicted molar refractivity (Wildman–Crippen MR) is 73.7 cm³/mol. The number of benzene rings is 1. The van der Waals surface area contributed by atoms with Gasteiger partial charge in [-0.05, 0) is 31.9 Å². The van der Waals surface area contributed by atoms with Gasteiger partial charge in [-0.1, -0.05) is 12.1 Å². The highest BCUT2D eigenvalue weighted by Crippen LogP contribution is 2.26. The molecule has 0 bridgehead atoms. The number of ether oxygens (including phenoxy) is 1. The van der Waals surface area contributed by atoms with Crippen molar-refractivity contribution in [3.05, 3.63) is 35.4 Å². The normalized spacial score (nSPS) is 15.0. The molecule has 1 aliphatic rings. The zero-order valence-corrected chi connectivity index (χ0v) is 11.7. The molecule has 6 nitrogen and oxygen atoms in total. The van der Waals surface area contributed by atoms with Crippen LogP contribution in [0.1, 0.15) is 40.5 Å². The molecule has 0 radical (unpaired) electrons. The van der Waals surface area contributed by atoms with Gasteiger partial charge in [-0.2, -0.15) is 0 Å². The molecule has 1 aromatic rings. The van der Waals surface area contributed by atoms with Crippen molar-refractivity contribution in [1.82, 2.24) is 4.90 Å². The molecule has 0 aliphatic carbocycles. The van der Waals surface area contributed by atoms with Crippen molar-refractivity contribution >= 4 is 17.8 Å². The lowest BCUT2D eigenvalue weighted by atomic mass is 10.1. The van der Waals surface area contributed by atoms with Crippen LogP contribution in [0.2, 0.25) is 0 Å². The molecule has 1 atom stereocenters. The number of rotatable bonds is 6. The van der Waals surface area contributed by atoms with Crippen molar-refractivity contribution in [2.45, 2.75) is 25.8 Å². The fraction of sp³-hybridized carbons (Fsp3) is 0.400. The van der Waals surface area contributed by atoms with Gasteiger partial charge < -0.3 is 9.84 Å². The number of esters is 1. The van der Waals surface area contributed by atoms with E-state index in [9.17, 15) is 14.4 Å². The third kappa shape index (κ3) is 2.80. The highest BCUT2D eigenvalue weighted by molar-refractivity contribution is 6.22. The Morgan fingerprint density at radius 2 is 1.81 bits per heavy atom. The van der Waals surface area contributed by atoms with Crippen LogP contribution in [0.3, 0.4) is 0 Å². The molecule has 112 valence electrons. The Morgan fingerprint density at radius 1 is 1.24 bits per heavy atom. The lowest BCUT2D eigenvalue weighted by molar-refractivity contribution is -0.148. The molecule has 1 N–H and O–H groups in total. The van der Waals surface area contributed by atoms with Gasteiger partial charge in [-0.15, -0.1) is 0 Å². The molecule has 1 aliphatic heterocycles. The standard InChI is InChI=1S/C15H17NO5/c1-2-21-15(20)12(8-5-9-17)16-13(18)10-6-3-4-7-11(10)14(16)19/h3-4,6-7,12,17H,2,5,8-9H2,1H3/t12-/m0/s1. The summed E-state index contributed by atoms with van der Waals surface area (Å²) in [5.41, 5.74) is 0.585. The van der Waals surface area contributed by atoms with E-state index in [-0.39, 0.29) is 19.6 Å². The van der Waals surface area contributed by atoms with Gasteiger partial charge in [-0.25, -0.2) is 4.79 Å². The van der Waals surface area contributed by atoms with Crippen molar-refractivity contribution in [1.29, 1.82) is 0 Å². The number of carbonyl (C=O) groups is 3. The van der Waals surface area contributed by atoms with E-state index in [0.29, 0.717) is 17.5 Å². The SMILES string of the molecule is CCOC(=O)[C@H](CCCO)N1C(=O)c2ccccc2C1=O. The number of fused-ring (bicyclic) bond motifs is 1. The summed E-state index contributed by atoms with van der Waals surface area (Å²) in [5.74, 6) is -1.61. The van der Waals surface area contributed by atoms with E-state index in [1.807, 2.05) is 0 Å². The Kier molecular flexibility index (Phi) is 4.70. The van der Waals surface area contributed by atoms with Crippen molar-refractivity contribution in [3.63, 3.8) is 0 Å². The van der Waals surface area contributed by atoms with Crippen LogP contribution >= 0.6 is 0 Å². The maximum absolute atomic E-state index is 12.4. The zero-order valence-electron chi connectivity index (χ0n) is 11.7. The summed E-state index contributed by atoms with van der Waals surface area (Å²) in [5, 5.41) is 8.93. The minimum absolute atomic E-state index is 0.126. The Balaban J connectivity index is 2.31. The van der Waals surface area contributed by atoms with Crippen LogP contribution < -0.4 is 0 Å². The van der Waals surface area contributed by atoms with E-state index in [1.54, 1.807) is 31.2 Å². The summed E-state index contributed by atoms with van der Waals surface area (Å²) in [6.07, 6.45) is 0.484. The first-order chi connectivity index (χ1) is 10.1. The van der Waals surface area contributed by atoms with Gasteiger partial charge in [0.1, 0.15) is 6.04 Å². The number of amides is 2. The van der Waals surface area contributed by atoms with Crippen LogP contribution in [-0.4, -0.2) is 47.0 Å². The Morgan fingerprint density at radius 3 is 2.29 bits per heavy atom. The second-order valence-corrected chi connectivity index (χ2v) is 4.66. The van der Waals surface area contributed by atoms with E-state index in [1.165, 1.54) is 0 Å². The van der Waals surface area contributed by atoms with Crippen LogP contribution in [0.4, 0.5) is 0 Å². The Labute approximate surface area is 122 Å². The van der Waals surface area contributed by atoms with Gasteiger partial charge in [0, 0.05) is 6.61 Å². The smallest absolute Gasteiger partial charge is 0.329 e. The average molecular weight is 291 g/mol. The molecule has 21 heavy (non-hydrogen) atoms. The van der Waals surface area contributed by atoms with E-state index >= 15 is 0 Å². The van der Waals surface area contributed by atoms with Gasteiger partial charge in [0.25, 0.3) is 11.8 Å². The summed E-state index contributed by atoms with van der Waals surface area (Å²) in [6, 6.07) is 5.46. The molecule has 0 fully saturated rings. The second-order valence-electron chi connectivity index (χ2n) is 4.66. The van der Waals surface area contributed by atoms with Crippen LogP contribution in [0.15, 0.2) is 24.3 Å². The Hall–Kier alpha value is -2.21. The summed E-state index contributed by atoms with van der Waals surface area (Å²) >= 11 is 0. The van der Waals surface area contributed by atoms with Crippen molar-refractivity contribution in [3.8, 4) is 0 Å². The maximum atomic E-state index is 12.4. The molecule has 2 amide bonds. The fourth-order valence-electron chi connectivity index (χ4n) is 2.37. The van der Waals surface area contributed by atoms with Crippen LogP contribution in [0.5, 0.6) is 0 Å². The molecule has 2 rings (SSSR count). The van der Waals surface area contributed by atoms with E-state index in [4.69, 9.17) is 9.84 Å². The topological polar surface area (TPSA) is 83.9 Å². The fourth-order valence-corrected chi connectivity index (χ4v) is 2.37. The first kappa shape index (κ1) is 15.2. The van der Waals surface area contributed by atoms with Gasteiger partial charge in [-0.3, -0.25) is 14.5 Å². The highest BCUT2D eigenvalue weighted by Gasteiger charge is 2.42. The summed E-state index contributed by atoms with van der Waals surface area (Å²) < 4.78 is 4.94. The monoisotopic (exact) mass is 291 g/mol. The highest BCUT2D eigenvalue weighted by atomic mass is 16.5. The molecule has 1 heterocycles. The van der Waals surface area contributed by atoms with Gasteiger partial charge in [0.2, 0.25) is 0 Å². The summed E-state index contributed by atoms with van der Waals surface area (Å²) in [7, 11) is 0. The van der Waals surface area contributed by atoms with Gasteiger partial charge >= 0.3 is 5.97 Å². The summed E-state index contributed by atoms with van der Waals surface area (Å²) in [6.45, 7) is 1.69. The number of hydrogen-bond acceptors (Lipinski definition) is 5. The molecule has 0 saturated carbocycles. The van der Waals surface area contributed by atoms with Crippen LogP contribution in [0, 0.1) is 0 Å². The van der Waals surface area contributed by atoms with Crippen LogP contribution in [-0.2, 0) is 9.53 Å². The third-order valence-corrected chi connectivity index (χ3v) is 3.33. The number of imide groups is 1. The number of nitrogens with zero attached hydrogens (tertiary/aromatic N) is 1. The summed E-state index contributed by atoms with van der Waals surface area (Å²) in [4.78, 5) is 37.7. The molecule has 1 aromatic carbocycles. The van der Waals surface area contributed by atoms with Crippen molar-refractivity contribution in [2.24, 2.45) is 0 Å². The first-order valence-corrected chi connectivity index (χ1v) is 6.86. The first-order valence-electron chi connectivity index (χ1n) is 6.86. The quantitative estimate of drug-likeness (QED) is 0.624. The molecular weight excluding hydrogens is 274 g/mol. The van der Waals surface area contributed by atoms with Crippen molar-refractivity contribution in [2.75, 3.05) is 13.2 Å². The lowest BCUT2D eigenvalue weighted by Crippen LogP contribution is -2.45. The number of hydrogen-bond donors (Lipinski definition) is 1. The minimum Gasteiger partial charge on any atom is -0.464 e. The average Bonchev–Trinajstić information content (AvgIpc) is 2.73. The third-order valence-electron chi connectivity index (χ3n) is 3.33.